The van der Waals surface area contributed by atoms with E-state index in [1.54, 1.807) is 12.1 Å². The fraction of sp³-hybridized carbons (Fsp3) is 0.200. The standard InChI is InChI=1S/C20H20ClN3OS/c1-13-18(11-15-7-4-3-5-8-15)24-20(22-13)26-14(2)19(25)23-17-10-6-9-16(21)12-17/h3-10,12,14H,11H2,1-2H3,(H,22,24)(H,23,25)/t14-/m1/s1. The lowest BCUT2D eigenvalue weighted by atomic mass is 10.1. The maximum Gasteiger partial charge on any atom is 0.237 e. The number of halogens is 1. The molecule has 0 bridgehead atoms. The average Bonchev–Trinajstić information content (AvgIpc) is 2.95. The second kappa shape index (κ2) is 8.43. The third kappa shape index (κ3) is 4.90. The molecule has 0 aliphatic heterocycles. The van der Waals surface area contributed by atoms with Crippen molar-refractivity contribution in [3.8, 4) is 0 Å². The van der Waals surface area contributed by atoms with Gasteiger partial charge in [-0.1, -0.05) is 59.8 Å². The summed E-state index contributed by atoms with van der Waals surface area (Å²) < 4.78 is 0. The Balaban J connectivity index is 1.63. The molecule has 0 saturated heterocycles. The SMILES string of the molecule is Cc1[nH]c(S[C@H](C)C(=O)Nc2cccc(Cl)c2)nc1Cc1ccccc1. The van der Waals surface area contributed by atoms with Crippen LogP contribution >= 0.6 is 23.4 Å². The van der Waals surface area contributed by atoms with Crippen LogP contribution in [-0.4, -0.2) is 21.1 Å². The van der Waals surface area contributed by atoms with Crippen LogP contribution in [0.5, 0.6) is 0 Å². The third-order valence-corrected chi connectivity index (χ3v) is 5.15. The van der Waals surface area contributed by atoms with Gasteiger partial charge in [0.1, 0.15) is 0 Å². The van der Waals surface area contributed by atoms with Crippen LogP contribution in [0.1, 0.15) is 23.9 Å². The number of nitrogens with one attached hydrogen (secondary N) is 2. The Hall–Kier alpha value is -2.24. The van der Waals surface area contributed by atoms with E-state index in [4.69, 9.17) is 11.6 Å². The van der Waals surface area contributed by atoms with Crippen LogP contribution in [0.2, 0.25) is 5.02 Å². The number of aromatic amines is 1. The molecule has 0 fully saturated rings. The summed E-state index contributed by atoms with van der Waals surface area (Å²) in [6, 6.07) is 17.3. The molecule has 0 unspecified atom stereocenters. The smallest absolute Gasteiger partial charge is 0.237 e. The summed E-state index contributed by atoms with van der Waals surface area (Å²) >= 11 is 7.36. The maximum absolute atomic E-state index is 12.4. The van der Waals surface area contributed by atoms with Gasteiger partial charge in [-0.05, 0) is 37.6 Å². The van der Waals surface area contributed by atoms with E-state index in [9.17, 15) is 4.79 Å². The van der Waals surface area contributed by atoms with Gasteiger partial charge >= 0.3 is 0 Å². The number of hydrogen-bond acceptors (Lipinski definition) is 3. The predicted molar refractivity (Wildman–Crippen MR) is 108 cm³/mol. The number of anilines is 1. The van der Waals surface area contributed by atoms with E-state index in [1.807, 2.05) is 44.2 Å². The lowest BCUT2D eigenvalue weighted by molar-refractivity contribution is -0.115. The van der Waals surface area contributed by atoms with Gasteiger partial charge in [-0.25, -0.2) is 4.98 Å². The fourth-order valence-corrected chi connectivity index (χ4v) is 3.58. The first-order valence-electron chi connectivity index (χ1n) is 8.34. The first-order chi connectivity index (χ1) is 12.5. The molecule has 2 aromatic carbocycles. The zero-order valence-electron chi connectivity index (χ0n) is 14.6. The molecular formula is C20H20ClN3OS. The molecular weight excluding hydrogens is 366 g/mol. The maximum atomic E-state index is 12.4. The largest absolute Gasteiger partial charge is 0.337 e. The molecule has 4 nitrogen and oxygen atoms in total. The molecule has 0 spiro atoms. The molecule has 1 amide bonds. The van der Waals surface area contributed by atoms with Crippen LogP contribution in [-0.2, 0) is 11.2 Å². The van der Waals surface area contributed by atoms with Gasteiger partial charge in [-0.3, -0.25) is 4.79 Å². The highest BCUT2D eigenvalue weighted by Gasteiger charge is 2.18. The van der Waals surface area contributed by atoms with Crippen molar-refractivity contribution in [2.75, 3.05) is 5.32 Å². The third-order valence-electron chi connectivity index (χ3n) is 3.93. The summed E-state index contributed by atoms with van der Waals surface area (Å²) in [6.45, 7) is 3.87. The number of carbonyl (C=O) groups is 1. The van der Waals surface area contributed by atoms with Crippen molar-refractivity contribution in [1.29, 1.82) is 0 Å². The van der Waals surface area contributed by atoms with E-state index in [0.29, 0.717) is 10.7 Å². The number of amides is 1. The fourth-order valence-electron chi connectivity index (χ4n) is 2.52. The molecule has 2 N–H and O–H groups in total. The van der Waals surface area contributed by atoms with E-state index in [2.05, 4.69) is 27.4 Å². The van der Waals surface area contributed by atoms with Gasteiger partial charge in [0.05, 0.1) is 10.9 Å². The van der Waals surface area contributed by atoms with Gasteiger partial charge in [-0.15, -0.1) is 0 Å². The first kappa shape index (κ1) is 18.5. The molecule has 0 aliphatic carbocycles. The molecule has 3 aromatic rings. The number of aromatic nitrogens is 2. The average molecular weight is 386 g/mol. The van der Waals surface area contributed by atoms with Gasteiger partial charge in [0.25, 0.3) is 0 Å². The van der Waals surface area contributed by atoms with Crippen molar-refractivity contribution in [2.45, 2.75) is 30.7 Å². The van der Waals surface area contributed by atoms with Gasteiger partial charge in [0.15, 0.2) is 5.16 Å². The highest BCUT2D eigenvalue weighted by Crippen LogP contribution is 2.24. The molecule has 1 aromatic heterocycles. The number of carbonyl (C=O) groups excluding carboxylic acids is 1. The molecule has 134 valence electrons. The molecule has 1 atom stereocenters. The Kier molecular flexibility index (Phi) is 6.01. The molecule has 1 heterocycles. The minimum absolute atomic E-state index is 0.0871. The van der Waals surface area contributed by atoms with Crippen molar-refractivity contribution >= 4 is 35.0 Å². The first-order valence-corrected chi connectivity index (χ1v) is 9.59. The Morgan fingerprint density at radius 2 is 2.00 bits per heavy atom. The molecule has 6 heteroatoms. The normalized spacial score (nSPS) is 12.0. The van der Waals surface area contributed by atoms with Gasteiger partial charge in [-0.2, -0.15) is 0 Å². The molecule has 0 saturated carbocycles. The lowest BCUT2D eigenvalue weighted by Gasteiger charge is -2.10. The summed E-state index contributed by atoms with van der Waals surface area (Å²) in [5.74, 6) is -0.0871. The van der Waals surface area contributed by atoms with Gasteiger partial charge in [0.2, 0.25) is 5.91 Å². The van der Waals surface area contributed by atoms with E-state index >= 15 is 0 Å². The van der Waals surface area contributed by atoms with Crippen molar-refractivity contribution < 1.29 is 4.79 Å². The van der Waals surface area contributed by atoms with Crippen LogP contribution in [0.3, 0.4) is 0 Å². The predicted octanol–water partition coefficient (Wildman–Crippen LogP) is 5.08. The number of imidazole rings is 1. The van der Waals surface area contributed by atoms with Crippen LogP contribution in [0.25, 0.3) is 0 Å². The van der Waals surface area contributed by atoms with Crippen molar-refractivity contribution in [1.82, 2.24) is 9.97 Å². The second-order valence-electron chi connectivity index (χ2n) is 6.04. The second-order valence-corrected chi connectivity index (χ2v) is 7.80. The van der Waals surface area contributed by atoms with Crippen LogP contribution in [0.15, 0.2) is 59.8 Å². The zero-order chi connectivity index (χ0) is 18.5. The Bertz CT molecular complexity index is 895. The number of aryl methyl sites for hydroxylation is 1. The number of H-pyrrole nitrogens is 1. The minimum Gasteiger partial charge on any atom is -0.337 e. The van der Waals surface area contributed by atoms with Gasteiger partial charge in [0, 0.05) is 22.8 Å². The summed E-state index contributed by atoms with van der Waals surface area (Å²) in [6.07, 6.45) is 0.771. The lowest BCUT2D eigenvalue weighted by Crippen LogP contribution is -2.22. The summed E-state index contributed by atoms with van der Waals surface area (Å²) in [5.41, 5.74) is 3.93. The number of thioether (sulfide) groups is 1. The quantitative estimate of drug-likeness (QED) is 0.581. The Morgan fingerprint density at radius 3 is 2.73 bits per heavy atom. The van der Waals surface area contributed by atoms with Crippen molar-refractivity contribution in [3.05, 3.63) is 76.6 Å². The molecule has 0 aliphatic rings. The summed E-state index contributed by atoms with van der Waals surface area (Å²) in [5, 5.41) is 3.94. The zero-order valence-corrected chi connectivity index (χ0v) is 16.2. The van der Waals surface area contributed by atoms with E-state index in [-0.39, 0.29) is 11.2 Å². The van der Waals surface area contributed by atoms with Crippen LogP contribution in [0.4, 0.5) is 5.69 Å². The van der Waals surface area contributed by atoms with Crippen molar-refractivity contribution in [3.63, 3.8) is 0 Å². The van der Waals surface area contributed by atoms with Crippen LogP contribution in [0, 0.1) is 6.92 Å². The molecule has 26 heavy (non-hydrogen) atoms. The minimum atomic E-state index is -0.288. The van der Waals surface area contributed by atoms with E-state index < -0.39 is 0 Å². The van der Waals surface area contributed by atoms with E-state index in [1.165, 1.54) is 17.3 Å². The highest BCUT2D eigenvalue weighted by atomic mass is 35.5. The molecule has 3 rings (SSSR count). The summed E-state index contributed by atoms with van der Waals surface area (Å²) in [4.78, 5) is 20.3. The topological polar surface area (TPSA) is 57.8 Å². The monoisotopic (exact) mass is 385 g/mol. The Labute approximate surface area is 162 Å². The number of nitrogens with zero attached hydrogens (tertiary/aromatic N) is 1. The molecule has 0 radical (unpaired) electrons. The van der Waals surface area contributed by atoms with Crippen molar-refractivity contribution in [2.24, 2.45) is 0 Å². The van der Waals surface area contributed by atoms with Crippen LogP contribution < -0.4 is 5.32 Å². The Morgan fingerprint density at radius 1 is 1.23 bits per heavy atom. The van der Waals surface area contributed by atoms with E-state index in [0.717, 1.165) is 23.0 Å². The number of hydrogen-bond donors (Lipinski definition) is 2. The highest BCUT2D eigenvalue weighted by molar-refractivity contribution is 8.00. The summed E-state index contributed by atoms with van der Waals surface area (Å²) in [7, 11) is 0. The number of rotatable bonds is 6. The van der Waals surface area contributed by atoms with Gasteiger partial charge < -0.3 is 10.3 Å². The number of benzene rings is 2.